The van der Waals surface area contributed by atoms with Crippen molar-refractivity contribution in [2.75, 3.05) is 31.1 Å². The third-order valence-electron chi connectivity index (χ3n) is 3.58. The number of hydrogen-bond donors (Lipinski definition) is 0. The first-order valence-electron chi connectivity index (χ1n) is 7.96. The first-order valence-corrected chi connectivity index (χ1v) is 7.96. The van der Waals surface area contributed by atoms with Crippen LogP contribution in [0.15, 0.2) is 24.5 Å². The molecule has 2 rings (SSSR count). The summed E-state index contributed by atoms with van der Waals surface area (Å²) in [6.07, 6.45) is 3.58. The number of anilines is 1. The van der Waals surface area contributed by atoms with Crippen LogP contribution in [0.25, 0.3) is 0 Å². The van der Waals surface area contributed by atoms with E-state index < -0.39 is 5.60 Å². The summed E-state index contributed by atoms with van der Waals surface area (Å²) < 4.78 is 7.27. The predicted octanol–water partition coefficient (Wildman–Crippen LogP) is -1.38. The minimum atomic E-state index is -0.460. The monoisotopic (exact) mass is 399 g/mol. The third kappa shape index (κ3) is 6.11. The Balaban J connectivity index is 0.00000288. The molecule has 1 aliphatic rings. The molecule has 1 aromatic rings. The second-order valence-corrected chi connectivity index (χ2v) is 6.89. The van der Waals surface area contributed by atoms with E-state index in [0.717, 1.165) is 18.8 Å². The topological polar surface area (TPSA) is 53.7 Å². The SMILES string of the molecule is CC(=O)C[n+]1ccc(N2CCN(C(=O)OC(C)(C)C)CC2)cc1.[Br-]. The fourth-order valence-corrected chi connectivity index (χ4v) is 2.50. The molecule has 6 nitrogen and oxygen atoms in total. The number of nitrogens with zero attached hydrogens (tertiary/aromatic N) is 3. The van der Waals surface area contributed by atoms with Crippen molar-refractivity contribution in [3.8, 4) is 0 Å². The Morgan fingerprint density at radius 3 is 2.12 bits per heavy atom. The van der Waals surface area contributed by atoms with Gasteiger partial charge in [0.05, 0.1) is 0 Å². The fourth-order valence-electron chi connectivity index (χ4n) is 2.50. The average Bonchev–Trinajstić information content (AvgIpc) is 2.46. The van der Waals surface area contributed by atoms with Gasteiger partial charge in [0.25, 0.3) is 0 Å². The number of halogens is 1. The van der Waals surface area contributed by atoms with E-state index in [-0.39, 0.29) is 28.9 Å². The average molecular weight is 400 g/mol. The van der Waals surface area contributed by atoms with Crippen LogP contribution in [0.5, 0.6) is 0 Å². The second kappa shape index (κ2) is 8.46. The van der Waals surface area contributed by atoms with E-state index in [0.29, 0.717) is 19.6 Å². The number of ether oxygens (including phenoxy) is 1. The van der Waals surface area contributed by atoms with Gasteiger partial charge in [0.1, 0.15) is 5.60 Å². The van der Waals surface area contributed by atoms with E-state index in [1.165, 1.54) is 0 Å². The summed E-state index contributed by atoms with van der Waals surface area (Å²) in [7, 11) is 0. The van der Waals surface area contributed by atoms with Gasteiger partial charge in [-0.3, -0.25) is 4.79 Å². The fraction of sp³-hybridized carbons (Fsp3) is 0.588. The van der Waals surface area contributed by atoms with Crippen LogP contribution in [0.1, 0.15) is 27.7 Å². The highest BCUT2D eigenvalue weighted by atomic mass is 79.9. The highest BCUT2D eigenvalue weighted by molar-refractivity contribution is 5.73. The molecule has 0 bridgehead atoms. The minimum Gasteiger partial charge on any atom is -1.00 e. The van der Waals surface area contributed by atoms with Crippen LogP contribution in [0.4, 0.5) is 10.5 Å². The van der Waals surface area contributed by atoms with Crippen LogP contribution >= 0.6 is 0 Å². The number of ketones is 1. The largest absolute Gasteiger partial charge is 1.00 e. The molecule has 7 heteroatoms. The van der Waals surface area contributed by atoms with Crippen LogP contribution < -0.4 is 26.4 Å². The summed E-state index contributed by atoms with van der Waals surface area (Å²) >= 11 is 0. The summed E-state index contributed by atoms with van der Waals surface area (Å²) in [4.78, 5) is 27.2. The summed E-state index contributed by atoms with van der Waals surface area (Å²) in [5, 5.41) is 0. The number of pyridine rings is 1. The maximum absolute atomic E-state index is 12.1. The van der Waals surface area contributed by atoms with Crippen molar-refractivity contribution in [2.45, 2.75) is 39.8 Å². The van der Waals surface area contributed by atoms with E-state index in [1.54, 1.807) is 11.8 Å². The van der Waals surface area contributed by atoms with Crippen molar-refractivity contribution in [3.05, 3.63) is 24.5 Å². The van der Waals surface area contributed by atoms with Gasteiger partial charge in [-0.1, -0.05) is 0 Å². The molecule has 0 saturated carbocycles. The summed E-state index contributed by atoms with van der Waals surface area (Å²) in [6.45, 7) is 10.5. The van der Waals surface area contributed by atoms with Crippen molar-refractivity contribution < 1.29 is 35.9 Å². The lowest BCUT2D eigenvalue weighted by Gasteiger charge is -2.36. The molecule has 2 heterocycles. The van der Waals surface area contributed by atoms with Crippen molar-refractivity contribution in [2.24, 2.45) is 0 Å². The van der Waals surface area contributed by atoms with Gasteiger partial charge in [-0.05, 0) is 20.8 Å². The van der Waals surface area contributed by atoms with Crippen LogP contribution in [0.2, 0.25) is 0 Å². The Morgan fingerprint density at radius 1 is 1.12 bits per heavy atom. The molecule has 0 radical (unpaired) electrons. The van der Waals surface area contributed by atoms with Gasteiger partial charge < -0.3 is 31.5 Å². The number of hydrogen-bond acceptors (Lipinski definition) is 4. The number of aromatic nitrogens is 1. The van der Waals surface area contributed by atoms with E-state index >= 15 is 0 Å². The zero-order chi connectivity index (χ0) is 17.0. The van der Waals surface area contributed by atoms with Crippen molar-refractivity contribution in [1.82, 2.24) is 4.90 Å². The lowest BCUT2D eigenvalue weighted by molar-refractivity contribution is -0.684. The molecule has 1 amide bonds. The first kappa shape index (κ1) is 20.4. The number of rotatable bonds is 3. The van der Waals surface area contributed by atoms with E-state index in [1.807, 2.05) is 49.9 Å². The molecular formula is C17H26BrN3O3. The molecule has 134 valence electrons. The molecule has 1 saturated heterocycles. The smallest absolute Gasteiger partial charge is 0.410 e. The highest BCUT2D eigenvalue weighted by Gasteiger charge is 2.26. The van der Waals surface area contributed by atoms with Crippen molar-refractivity contribution >= 4 is 17.6 Å². The third-order valence-corrected chi connectivity index (χ3v) is 3.58. The van der Waals surface area contributed by atoms with Crippen LogP contribution in [-0.2, 0) is 16.1 Å². The van der Waals surface area contributed by atoms with Crippen molar-refractivity contribution in [3.63, 3.8) is 0 Å². The molecule has 1 aromatic heterocycles. The lowest BCUT2D eigenvalue weighted by atomic mass is 10.2. The number of piperazine rings is 1. The van der Waals surface area contributed by atoms with Gasteiger partial charge in [-0.2, -0.15) is 4.57 Å². The summed E-state index contributed by atoms with van der Waals surface area (Å²) in [6, 6.07) is 4.01. The van der Waals surface area contributed by atoms with Crippen molar-refractivity contribution in [1.29, 1.82) is 0 Å². The van der Waals surface area contributed by atoms with Gasteiger partial charge >= 0.3 is 6.09 Å². The first-order chi connectivity index (χ1) is 10.7. The van der Waals surface area contributed by atoms with Gasteiger partial charge in [-0.25, -0.2) is 4.79 Å². The number of carbonyl (C=O) groups excluding carboxylic acids is 2. The standard InChI is InChI=1S/C17H26N3O3.BrH/c1-14(21)13-18-7-5-15(6-8-18)19-9-11-20(12-10-19)16(22)23-17(2,3)4;/h5-8H,9-13H2,1-4H3;1H/q+1;/p-1. The highest BCUT2D eigenvalue weighted by Crippen LogP contribution is 2.16. The van der Waals surface area contributed by atoms with Crippen LogP contribution in [-0.4, -0.2) is 48.6 Å². The number of Topliss-reactive ketones (excluding diaryl/α,β-unsaturated/α-hetero) is 1. The lowest BCUT2D eigenvalue weighted by Crippen LogP contribution is -3.00. The molecule has 0 aromatic carbocycles. The Kier molecular flexibility index (Phi) is 7.20. The van der Waals surface area contributed by atoms with Gasteiger partial charge in [0, 0.05) is 50.9 Å². The minimum absolute atomic E-state index is 0. The Hall–Kier alpha value is -1.63. The number of carbonyl (C=O) groups is 2. The Labute approximate surface area is 154 Å². The molecule has 0 spiro atoms. The maximum atomic E-state index is 12.1. The van der Waals surface area contributed by atoms with Gasteiger partial charge in [0.2, 0.25) is 6.54 Å². The molecular weight excluding hydrogens is 374 g/mol. The molecule has 0 aliphatic carbocycles. The summed E-state index contributed by atoms with van der Waals surface area (Å²) in [5.41, 5.74) is 0.645. The molecule has 0 unspecified atom stereocenters. The number of amides is 1. The summed E-state index contributed by atoms with van der Waals surface area (Å²) in [5.74, 6) is 0.133. The van der Waals surface area contributed by atoms with E-state index in [4.69, 9.17) is 4.74 Å². The van der Waals surface area contributed by atoms with Crippen LogP contribution in [0, 0.1) is 0 Å². The van der Waals surface area contributed by atoms with Crippen LogP contribution in [0.3, 0.4) is 0 Å². The Bertz CT molecular complexity index is 561. The predicted molar refractivity (Wildman–Crippen MR) is 87.3 cm³/mol. The van der Waals surface area contributed by atoms with E-state index in [2.05, 4.69) is 4.90 Å². The van der Waals surface area contributed by atoms with Gasteiger partial charge in [0.15, 0.2) is 18.2 Å². The molecule has 24 heavy (non-hydrogen) atoms. The zero-order valence-corrected chi connectivity index (χ0v) is 16.4. The van der Waals surface area contributed by atoms with Gasteiger partial charge in [-0.15, -0.1) is 0 Å². The zero-order valence-electron chi connectivity index (χ0n) is 14.8. The Morgan fingerprint density at radius 2 is 1.67 bits per heavy atom. The maximum Gasteiger partial charge on any atom is 0.410 e. The molecule has 1 fully saturated rings. The van der Waals surface area contributed by atoms with E-state index in [9.17, 15) is 9.59 Å². The molecule has 0 N–H and O–H groups in total. The normalized spacial score (nSPS) is 14.8. The molecule has 0 atom stereocenters. The molecule has 1 aliphatic heterocycles. The quantitative estimate of drug-likeness (QED) is 0.588. The second-order valence-electron chi connectivity index (χ2n) is 6.89.